The van der Waals surface area contributed by atoms with Crippen LogP contribution in [0.5, 0.6) is 0 Å². The van der Waals surface area contributed by atoms with E-state index in [1.807, 2.05) is 0 Å². The average Bonchev–Trinajstić information content (AvgIpc) is 2.28. The Balaban J connectivity index is 2.31. The van der Waals surface area contributed by atoms with Crippen LogP contribution in [0.15, 0.2) is 22.7 Å². The van der Waals surface area contributed by atoms with Crippen LogP contribution in [-0.2, 0) is 11.3 Å². The Morgan fingerprint density at radius 2 is 2.12 bits per heavy atom. The molecule has 4 heteroatoms. The van der Waals surface area contributed by atoms with Gasteiger partial charge in [-0.3, -0.25) is 4.79 Å². The summed E-state index contributed by atoms with van der Waals surface area (Å²) in [6.45, 7) is 3.59. The molecule has 0 saturated carbocycles. The standard InChI is InChI=1S/C13H19BrN2O/c1-10-8-11(4-5-12(10)14)9-15-7-6-13(17)16(2)3/h4-5,8,15H,6-7,9H2,1-3H3. The third kappa shape index (κ3) is 4.88. The second-order valence-electron chi connectivity index (χ2n) is 4.30. The Morgan fingerprint density at radius 3 is 2.71 bits per heavy atom. The molecule has 17 heavy (non-hydrogen) atoms. The number of hydrogen-bond donors (Lipinski definition) is 1. The monoisotopic (exact) mass is 298 g/mol. The molecule has 0 radical (unpaired) electrons. The van der Waals surface area contributed by atoms with Crippen LogP contribution in [-0.4, -0.2) is 31.4 Å². The van der Waals surface area contributed by atoms with Gasteiger partial charge < -0.3 is 10.2 Å². The number of rotatable bonds is 5. The maximum absolute atomic E-state index is 11.3. The molecule has 0 saturated heterocycles. The summed E-state index contributed by atoms with van der Waals surface area (Å²) >= 11 is 3.48. The van der Waals surface area contributed by atoms with E-state index in [0.29, 0.717) is 13.0 Å². The summed E-state index contributed by atoms with van der Waals surface area (Å²) in [6, 6.07) is 6.28. The predicted octanol–water partition coefficient (Wildman–Crippen LogP) is 2.33. The Hall–Kier alpha value is -0.870. The minimum absolute atomic E-state index is 0.157. The summed E-state index contributed by atoms with van der Waals surface area (Å²) < 4.78 is 1.13. The van der Waals surface area contributed by atoms with E-state index in [4.69, 9.17) is 0 Å². The molecule has 1 rings (SSSR count). The molecule has 0 aromatic heterocycles. The van der Waals surface area contributed by atoms with Crippen LogP contribution in [0.3, 0.4) is 0 Å². The number of nitrogens with one attached hydrogen (secondary N) is 1. The molecule has 0 unspecified atom stereocenters. The first-order chi connectivity index (χ1) is 8.00. The molecule has 0 bridgehead atoms. The molecule has 1 aromatic carbocycles. The van der Waals surface area contributed by atoms with Crippen molar-refractivity contribution in [3.8, 4) is 0 Å². The van der Waals surface area contributed by atoms with Gasteiger partial charge in [-0.15, -0.1) is 0 Å². The second kappa shape index (κ2) is 6.77. The molecular weight excluding hydrogens is 280 g/mol. The van der Waals surface area contributed by atoms with Gasteiger partial charge in [0.05, 0.1) is 0 Å². The Morgan fingerprint density at radius 1 is 1.41 bits per heavy atom. The van der Waals surface area contributed by atoms with Gasteiger partial charge in [0.15, 0.2) is 0 Å². The highest BCUT2D eigenvalue weighted by Gasteiger charge is 2.02. The van der Waals surface area contributed by atoms with E-state index in [2.05, 4.69) is 46.4 Å². The fourth-order valence-corrected chi connectivity index (χ4v) is 1.72. The maximum Gasteiger partial charge on any atom is 0.223 e. The van der Waals surface area contributed by atoms with Gasteiger partial charge in [-0.05, 0) is 24.1 Å². The summed E-state index contributed by atoms with van der Waals surface area (Å²) in [6.07, 6.45) is 0.544. The molecule has 0 heterocycles. The Bertz CT molecular complexity index is 391. The lowest BCUT2D eigenvalue weighted by molar-refractivity contribution is -0.128. The fraction of sp³-hybridized carbons (Fsp3) is 0.462. The Labute approximate surface area is 111 Å². The van der Waals surface area contributed by atoms with Gasteiger partial charge in [-0.25, -0.2) is 0 Å². The lowest BCUT2D eigenvalue weighted by Crippen LogP contribution is -2.26. The van der Waals surface area contributed by atoms with E-state index >= 15 is 0 Å². The highest BCUT2D eigenvalue weighted by Crippen LogP contribution is 2.16. The maximum atomic E-state index is 11.3. The number of carbonyl (C=O) groups excluding carboxylic acids is 1. The van der Waals surface area contributed by atoms with E-state index in [0.717, 1.165) is 11.0 Å². The van der Waals surface area contributed by atoms with Crippen LogP contribution >= 0.6 is 15.9 Å². The van der Waals surface area contributed by atoms with Gasteiger partial charge >= 0.3 is 0 Å². The van der Waals surface area contributed by atoms with Crippen molar-refractivity contribution in [1.29, 1.82) is 0 Å². The van der Waals surface area contributed by atoms with E-state index in [1.165, 1.54) is 11.1 Å². The number of nitrogens with zero attached hydrogens (tertiary/aromatic N) is 1. The highest BCUT2D eigenvalue weighted by molar-refractivity contribution is 9.10. The molecule has 0 aliphatic rings. The number of halogens is 1. The SMILES string of the molecule is Cc1cc(CNCCC(=O)N(C)C)ccc1Br. The molecular formula is C13H19BrN2O. The number of amides is 1. The number of aryl methyl sites for hydroxylation is 1. The zero-order valence-corrected chi connectivity index (χ0v) is 12.2. The van der Waals surface area contributed by atoms with Crippen LogP contribution in [0, 0.1) is 6.92 Å². The molecule has 0 spiro atoms. The summed E-state index contributed by atoms with van der Waals surface area (Å²) in [5.74, 6) is 0.157. The van der Waals surface area contributed by atoms with Crippen molar-refractivity contribution in [2.45, 2.75) is 19.9 Å². The third-order valence-corrected chi connectivity index (χ3v) is 3.46. The highest BCUT2D eigenvalue weighted by atomic mass is 79.9. The zero-order chi connectivity index (χ0) is 12.8. The molecule has 0 aliphatic carbocycles. The second-order valence-corrected chi connectivity index (χ2v) is 5.15. The van der Waals surface area contributed by atoms with Crippen LogP contribution in [0.25, 0.3) is 0 Å². The van der Waals surface area contributed by atoms with Gasteiger partial charge in [-0.1, -0.05) is 28.1 Å². The van der Waals surface area contributed by atoms with E-state index in [9.17, 15) is 4.79 Å². The summed E-state index contributed by atoms with van der Waals surface area (Å²) in [7, 11) is 3.56. The van der Waals surface area contributed by atoms with Crippen molar-refractivity contribution < 1.29 is 4.79 Å². The summed E-state index contributed by atoms with van der Waals surface area (Å²) in [4.78, 5) is 12.9. The molecule has 1 N–H and O–H groups in total. The van der Waals surface area contributed by atoms with Crippen molar-refractivity contribution in [2.24, 2.45) is 0 Å². The van der Waals surface area contributed by atoms with Crippen LogP contribution in [0.2, 0.25) is 0 Å². The van der Waals surface area contributed by atoms with Crippen LogP contribution in [0.4, 0.5) is 0 Å². The molecule has 0 aliphatic heterocycles. The van der Waals surface area contributed by atoms with Gasteiger partial charge in [0.25, 0.3) is 0 Å². The predicted molar refractivity (Wildman–Crippen MR) is 73.9 cm³/mol. The molecule has 0 atom stereocenters. The number of carbonyl (C=O) groups is 1. The van der Waals surface area contributed by atoms with Gasteiger partial charge in [0.2, 0.25) is 5.91 Å². The quantitative estimate of drug-likeness (QED) is 0.846. The average molecular weight is 299 g/mol. The Kier molecular flexibility index (Phi) is 5.65. The van der Waals surface area contributed by atoms with Crippen molar-refractivity contribution in [2.75, 3.05) is 20.6 Å². The fourth-order valence-electron chi connectivity index (χ4n) is 1.47. The lowest BCUT2D eigenvalue weighted by atomic mass is 10.1. The first-order valence-electron chi connectivity index (χ1n) is 5.66. The zero-order valence-electron chi connectivity index (χ0n) is 10.6. The summed E-state index contributed by atoms with van der Waals surface area (Å²) in [5, 5.41) is 3.27. The van der Waals surface area contributed by atoms with E-state index < -0.39 is 0 Å². The van der Waals surface area contributed by atoms with E-state index in [-0.39, 0.29) is 5.91 Å². The third-order valence-electron chi connectivity index (χ3n) is 2.57. The smallest absolute Gasteiger partial charge is 0.223 e. The van der Waals surface area contributed by atoms with Crippen LogP contribution < -0.4 is 5.32 Å². The van der Waals surface area contributed by atoms with Crippen molar-refractivity contribution in [3.63, 3.8) is 0 Å². The number of benzene rings is 1. The molecule has 94 valence electrons. The van der Waals surface area contributed by atoms with Crippen molar-refractivity contribution in [3.05, 3.63) is 33.8 Å². The number of hydrogen-bond acceptors (Lipinski definition) is 2. The van der Waals surface area contributed by atoms with Gasteiger partial charge in [0, 0.05) is 38.1 Å². The molecule has 1 amide bonds. The normalized spacial score (nSPS) is 10.4. The summed E-state index contributed by atoms with van der Waals surface area (Å²) in [5.41, 5.74) is 2.47. The van der Waals surface area contributed by atoms with Gasteiger partial charge in [0.1, 0.15) is 0 Å². The van der Waals surface area contributed by atoms with Crippen LogP contribution in [0.1, 0.15) is 17.5 Å². The topological polar surface area (TPSA) is 32.3 Å². The molecule has 0 fully saturated rings. The molecule has 3 nitrogen and oxygen atoms in total. The largest absolute Gasteiger partial charge is 0.349 e. The molecule has 1 aromatic rings. The van der Waals surface area contributed by atoms with Gasteiger partial charge in [-0.2, -0.15) is 0 Å². The van der Waals surface area contributed by atoms with Crippen molar-refractivity contribution >= 4 is 21.8 Å². The lowest BCUT2D eigenvalue weighted by Gasteiger charge is -2.10. The van der Waals surface area contributed by atoms with E-state index in [1.54, 1.807) is 19.0 Å². The minimum atomic E-state index is 0.157. The first kappa shape index (κ1) is 14.2. The van der Waals surface area contributed by atoms with Crippen molar-refractivity contribution in [1.82, 2.24) is 10.2 Å². The first-order valence-corrected chi connectivity index (χ1v) is 6.46. The minimum Gasteiger partial charge on any atom is -0.349 e.